The number of carbonyl (C=O) groups excluding carboxylic acids is 1. The lowest BCUT2D eigenvalue weighted by atomic mass is 10.2. The van der Waals surface area contributed by atoms with Crippen molar-refractivity contribution in [1.29, 1.82) is 0 Å². The van der Waals surface area contributed by atoms with Crippen LogP contribution < -0.4 is 5.32 Å². The van der Waals surface area contributed by atoms with Gasteiger partial charge >= 0.3 is 6.18 Å². The Morgan fingerprint density at radius 1 is 1.38 bits per heavy atom. The highest BCUT2D eigenvalue weighted by Gasteiger charge is 2.31. The lowest BCUT2D eigenvalue weighted by molar-refractivity contribution is -0.150. The van der Waals surface area contributed by atoms with Crippen molar-refractivity contribution in [1.82, 2.24) is 0 Å². The summed E-state index contributed by atoms with van der Waals surface area (Å²) >= 11 is 3.21. The Morgan fingerprint density at radius 2 is 2.06 bits per heavy atom. The molecular formula is C10H9BrF3NO. The minimum atomic E-state index is -4.48. The summed E-state index contributed by atoms with van der Waals surface area (Å²) in [6.07, 6.45) is -5.94. The van der Waals surface area contributed by atoms with Gasteiger partial charge in [-0.15, -0.1) is 0 Å². The molecule has 0 aliphatic heterocycles. The summed E-state index contributed by atoms with van der Waals surface area (Å²) in [6.45, 7) is 0. The summed E-state index contributed by atoms with van der Waals surface area (Å²) in [5.41, 5.74) is 1.25. The molecule has 0 atom stereocenters. The smallest absolute Gasteiger partial charge is 0.326 e. The summed E-state index contributed by atoms with van der Waals surface area (Å²) in [5.74, 6) is -1.06. The zero-order chi connectivity index (χ0) is 12.2. The maximum absolute atomic E-state index is 11.9. The predicted molar refractivity (Wildman–Crippen MR) is 58.4 cm³/mol. The maximum Gasteiger partial charge on any atom is 0.397 e. The number of amides is 1. The van der Waals surface area contributed by atoms with E-state index in [0.717, 1.165) is 5.56 Å². The van der Waals surface area contributed by atoms with Gasteiger partial charge in [-0.2, -0.15) is 13.2 Å². The molecule has 0 unspecified atom stereocenters. The van der Waals surface area contributed by atoms with Crippen molar-refractivity contribution < 1.29 is 18.0 Å². The molecule has 0 aliphatic rings. The van der Waals surface area contributed by atoms with E-state index in [9.17, 15) is 18.0 Å². The second-order valence-corrected chi connectivity index (χ2v) is 3.73. The van der Waals surface area contributed by atoms with Crippen molar-refractivity contribution in [3.63, 3.8) is 0 Å². The number of benzene rings is 1. The number of nitrogens with one attached hydrogen (secondary N) is 1. The zero-order valence-electron chi connectivity index (χ0n) is 8.14. The van der Waals surface area contributed by atoms with Gasteiger partial charge in [0.1, 0.15) is 6.42 Å². The van der Waals surface area contributed by atoms with Crippen LogP contribution in [0.15, 0.2) is 24.3 Å². The number of carbonyl (C=O) groups is 1. The molecule has 0 bridgehead atoms. The van der Waals surface area contributed by atoms with Crippen molar-refractivity contribution in [2.75, 3.05) is 5.32 Å². The summed E-state index contributed by atoms with van der Waals surface area (Å²) in [6, 6.07) is 6.62. The Labute approximate surface area is 99.0 Å². The van der Waals surface area contributed by atoms with Crippen LogP contribution >= 0.6 is 15.9 Å². The van der Waals surface area contributed by atoms with E-state index < -0.39 is 18.5 Å². The molecule has 0 saturated heterocycles. The molecule has 0 spiro atoms. The first-order valence-electron chi connectivity index (χ1n) is 4.42. The fourth-order valence-electron chi connectivity index (χ4n) is 1.12. The minimum Gasteiger partial charge on any atom is -0.326 e. The highest BCUT2D eigenvalue weighted by molar-refractivity contribution is 9.08. The lowest BCUT2D eigenvalue weighted by Crippen LogP contribution is -2.21. The van der Waals surface area contributed by atoms with Crippen LogP contribution in [0.1, 0.15) is 12.0 Å². The van der Waals surface area contributed by atoms with Crippen LogP contribution in [0.3, 0.4) is 0 Å². The second kappa shape index (κ2) is 5.34. The van der Waals surface area contributed by atoms with Crippen LogP contribution in [0, 0.1) is 0 Å². The quantitative estimate of drug-likeness (QED) is 0.850. The van der Waals surface area contributed by atoms with Gasteiger partial charge in [-0.05, 0) is 17.7 Å². The molecule has 0 fully saturated rings. The minimum absolute atomic E-state index is 0.367. The molecular weight excluding hydrogens is 287 g/mol. The molecule has 88 valence electrons. The number of hydrogen-bond acceptors (Lipinski definition) is 1. The highest BCUT2D eigenvalue weighted by Crippen LogP contribution is 2.20. The van der Waals surface area contributed by atoms with Crippen molar-refractivity contribution >= 4 is 27.5 Å². The number of anilines is 1. The lowest BCUT2D eigenvalue weighted by Gasteiger charge is -2.08. The zero-order valence-corrected chi connectivity index (χ0v) is 9.73. The molecule has 1 N–H and O–H groups in total. The largest absolute Gasteiger partial charge is 0.397 e. The van der Waals surface area contributed by atoms with Gasteiger partial charge in [-0.1, -0.05) is 28.1 Å². The fourth-order valence-corrected chi connectivity index (χ4v) is 1.47. The van der Waals surface area contributed by atoms with E-state index in [1.165, 1.54) is 0 Å². The molecule has 0 aromatic heterocycles. The monoisotopic (exact) mass is 295 g/mol. The summed E-state index contributed by atoms with van der Waals surface area (Å²) in [4.78, 5) is 11.0. The molecule has 1 aromatic rings. The molecule has 1 aromatic carbocycles. The van der Waals surface area contributed by atoms with Crippen molar-refractivity contribution in [3.8, 4) is 0 Å². The van der Waals surface area contributed by atoms with Crippen LogP contribution in [0.5, 0.6) is 0 Å². The molecule has 1 rings (SSSR count). The third-order valence-electron chi connectivity index (χ3n) is 1.73. The summed E-state index contributed by atoms with van der Waals surface area (Å²) in [5, 5.41) is 2.77. The molecule has 16 heavy (non-hydrogen) atoms. The average molecular weight is 296 g/mol. The topological polar surface area (TPSA) is 29.1 Å². The third-order valence-corrected chi connectivity index (χ3v) is 2.37. The number of rotatable bonds is 3. The Hall–Kier alpha value is -1.04. The SMILES string of the molecule is O=C(CC(F)(F)F)Nc1cccc(CBr)c1. The second-order valence-electron chi connectivity index (χ2n) is 3.17. The molecule has 1 amide bonds. The summed E-state index contributed by atoms with van der Waals surface area (Å²) in [7, 11) is 0. The van der Waals surface area contributed by atoms with Crippen LogP contribution in [0.4, 0.5) is 18.9 Å². The molecule has 6 heteroatoms. The Morgan fingerprint density at radius 3 is 2.62 bits per heavy atom. The first kappa shape index (κ1) is 13.0. The molecule has 0 heterocycles. The van der Waals surface area contributed by atoms with Gasteiger partial charge in [0.15, 0.2) is 0 Å². The Bertz CT molecular complexity index is 379. The van der Waals surface area contributed by atoms with Crippen LogP contribution in [-0.4, -0.2) is 12.1 Å². The van der Waals surface area contributed by atoms with E-state index in [0.29, 0.717) is 11.0 Å². The van der Waals surface area contributed by atoms with Gasteiger partial charge in [0.2, 0.25) is 5.91 Å². The number of hydrogen-bond donors (Lipinski definition) is 1. The first-order chi connectivity index (χ1) is 7.40. The molecule has 0 aliphatic carbocycles. The van der Waals surface area contributed by atoms with Crippen LogP contribution in [0.25, 0.3) is 0 Å². The normalized spacial score (nSPS) is 11.2. The Kier molecular flexibility index (Phi) is 4.35. The highest BCUT2D eigenvalue weighted by atomic mass is 79.9. The van der Waals surface area contributed by atoms with Gasteiger partial charge in [0, 0.05) is 11.0 Å². The molecule has 0 radical (unpaired) electrons. The Balaban J connectivity index is 2.62. The van der Waals surface area contributed by atoms with Gasteiger partial charge in [-0.25, -0.2) is 0 Å². The van der Waals surface area contributed by atoms with E-state index in [4.69, 9.17) is 0 Å². The van der Waals surface area contributed by atoms with E-state index in [1.807, 2.05) is 0 Å². The van der Waals surface area contributed by atoms with Gasteiger partial charge in [0.25, 0.3) is 0 Å². The van der Waals surface area contributed by atoms with Crippen molar-refractivity contribution in [3.05, 3.63) is 29.8 Å². The van der Waals surface area contributed by atoms with E-state index in [2.05, 4.69) is 21.2 Å². The first-order valence-corrected chi connectivity index (χ1v) is 5.54. The molecule has 2 nitrogen and oxygen atoms in total. The van der Waals surface area contributed by atoms with E-state index in [1.54, 1.807) is 24.3 Å². The van der Waals surface area contributed by atoms with Crippen molar-refractivity contribution in [2.45, 2.75) is 17.9 Å². The standard InChI is InChI=1S/C10H9BrF3NO/c11-6-7-2-1-3-8(4-7)15-9(16)5-10(12,13)14/h1-4H,5-6H2,(H,15,16). The van der Waals surface area contributed by atoms with E-state index >= 15 is 0 Å². The number of alkyl halides is 4. The third kappa shape index (κ3) is 4.65. The average Bonchev–Trinajstić information content (AvgIpc) is 2.15. The fraction of sp³-hybridized carbons (Fsp3) is 0.300. The van der Waals surface area contributed by atoms with Gasteiger partial charge < -0.3 is 5.32 Å². The van der Waals surface area contributed by atoms with E-state index in [-0.39, 0.29) is 0 Å². The number of halogens is 4. The van der Waals surface area contributed by atoms with Crippen LogP contribution in [-0.2, 0) is 10.1 Å². The maximum atomic E-state index is 11.9. The van der Waals surface area contributed by atoms with Gasteiger partial charge in [0.05, 0.1) is 0 Å². The molecule has 0 saturated carbocycles. The van der Waals surface area contributed by atoms with Crippen molar-refractivity contribution in [2.24, 2.45) is 0 Å². The van der Waals surface area contributed by atoms with Crippen LogP contribution in [0.2, 0.25) is 0 Å². The van der Waals surface area contributed by atoms with Gasteiger partial charge in [-0.3, -0.25) is 4.79 Å². The predicted octanol–water partition coefficient (Wildman–Crippen LogP) is 3.47. The summed E-state index contributed by atoms with van der Waals surface area (Å²) < 4.78 is 35.7.